The van der Waals surface area contributed by atoms with Crippen molar-refractivity contribution in [1.29, 1.82) is 0 Å². The molecule has 180 valence electrons. The van der Waals surface area contributed by atoms with Crippen LogP contribution in [-0.4, -0.2) is 50.0 Å². The van der Waals surface area contributed by atoms with Crippen molar-refractivity contribution in [3.8, 4) is 0 Å². The van der Waals surface area contributed by atoms with Gasteiger partial charge in [-0.2, -0.15) is 0 Å². The van der Waals surface area contributed by atoms with Crippen LogP contribution in [0.15, 0.2) is 48.5 Å². The fraction of sp³-hybridized carbons (Fsp3) is 0.391. The summed E-state index contributed by atoms with van der Waals surface area (Å²) in [5, 5.41) is 3.25. The molecule has 2 amide bonds. The monoisotopic (exact) mass is 497 g/mol. The first-order chi connectivity index (χ1) is 15.4. The molecule has 0 spiro atoms. The maximum atomic E-state index is 13.7. The fourth-order valence-corrected chi connectivity index (χ4v) is 4.14. The van der Waals surface area contributed by atoms with Crippen molar-refractivity contribution in [3.05, 3.63) is 64.9 Å². The van der Waals surface area contributed by atoms with Crippen LogP contribution in [0.3, 0.4) is 0 Å². The third kappa shape index (κ3) is 7.43. The summed E-state index contributed by atoms with van der Waals surface area (Å²) in [4.78, 5) is 27.5. The van der Waals surface area contributed by atoms with Crippen LogP contribution >= 0.6 is 11.6 Å². The molecular weight excluding hydrogens is 469 g/mol. The van der Waals surface area contributed by atoms with E-state index >= 15 is 0 Å². The molecule has 10 heteroatoms. The van der Waals surface area contributed by atoms with Gasteiger partial charge in [0, 0.05) is 17.6 Å². The number of hydrogen-bond acceptors (Lipinski definition) is 4. The third-order valence-corrected chi connectivity index (χ3v) is 6.75. The molecule has 0 aliphatic heterocycles. The lowest BCUT2D eigenvalue weighted by Crippen LogP contribution is -2.52. The number of carbonyl (C=O) groups excluding carboxylic acids is 2. The largest absolute Gasteiger partial charge is 0.352 e. The van der Waals surface area contributed by atoms with Gasteiger partial charge in [-0.3, -0.25) is 13.9 Å². The zero-order chi connectivity index (χ0) is 24.8. The molecule has 1 N–H and O–H groups in total. The minimum Gasteiger partial charge on any atom is -0.352 e. The number of amides is 2. The highest BCUT2D eigenvalue weighted by Crippen LogP contribution is 2.22. The smallest absolute Gasteiger partial charge is 0.244 e. The molecular formula is C23H29ClFN3O4S. The quantitative estimate of drug-likeness (QED) is 0.543. The molecule has 0 saturated carbocycles. The van der Waals surface area contributed by atoms with E-state index in [1.807, 2.05) is 13.8 Å². The van der Waals surface area contributed by atoms with Crippen molar-refractivity contribution in [2.45, 2.75) is 45.8 Å². The lowest BCUT2D eigenvalue weighted by atomic mass is 10.1. The summed E-state index contributed by atoms with van der Waals surface area (Å²) in [6.07, 6.45) is 1.64. The maximum absolute atomic E-state index is 13.7. The van der Waals surface area contributed by atoms with E-state index in [2.05, 4.69) is 5.32 Å². The summed E-state index contributed by atoms with van der Waals surface area (Å²) >= 11 is 6.27. The standard InChI is InChI=1S/C23H29ClFN3O4S/c1-5-16(2)26-23(30)17(3)27(14-18-9-6-7-12-21(18)24)22(29)15-28(33(4,31)32)20-11-8-10-19(25)13-20/h6-13,16-17H,5,14-15H2,1-4H3,(H,26,30)/t16-,17+/m1/s1. The Kier molecular flexibility index (Phi) is 9.25. The lowest BCUT2D eigenvalue weighted by molar-refractivity contribution is -0.139. The predicted octanol–water partition coefficient (Wildman–Crippen LogP) is 3.58. The molecule has 0 saturated heterocycles. The van der Waals surface area contributed by atoms with Crippen molar-refractivity contribution in [1.82, 2.24) is 10.2 Å². The van der Waals surface area contributed by atoms with Crippen LogP contribution in [0.1, 0.15) is 32.8 Å². The van der Waals surface area contributed by atoms with Gasteiger partial charge in [-0.25, -0.2) is 12.8 Å². The van der Waals surface area contributed by atoms with Crippen LogP contribution in [0, 0.1) is 5.82 Å². The summed E-state index contributed by atoms with van der Waals surface area (Å²) in [7, 11) is -3.92. The first-order valence-electron chi connectivity index (χ1n) is 10.5. The molecule has 0 radical (unpaired) electrons. The molecule has 2 rings (SSSR count). The number of hydrogen-bond donors (Lipinski definition) is 1. The van der Waals surface area contributed by atoms with Crippen molar-refractivity contribution in [3.63, 3.8) is 0 Å². The van der Waals surface area contributed by atoms with Crippen molar-refractivity contribution < 1.29 is 22.4 Å². The Labute approximate surface area is 199 Å². The number of nitrogens with one attached hydrogen (secondary N) is 1. The highest BCUT2D eigenvalue weighted by atomic mass is 35.5. The van der Waals surface area contributed by atoms with Crippen molar-refractivity contribution in [2.75, 3.05) is 17.1 Å². The first kappa shape index (κ1) is 26.6. The molecule has 0 fully saturated rings. The summed E-state index contributed by atoms with van der Waals surface area (Å²) < 4.78 is 39.4. The number of nitrogens with zero attached hydrogens (tertiary/aromatic N) is 2. The van der Waals surface area contributed by atoms with Crippen molar-refractivity contribution in [2.24, 2.45) is 0 Å². The van der Waals surface area contributed by atoms with Crippen LogP contribution in [-0.2, 0) is 26.2 Å². The maximum Gasteiger partial charge on any atom is 0.244 e. The topological polar surface area (TPSA) is 86.8 Å². The number of rotatable bonds is 10. The predicted molar refractivity (Wildman–Crippen MR) is 128 cm³/mol. The molecule has 0 heterocycles. The van der Waals surface area contributed by atoms with Gasteiger partial charge >= 0.3 is 0 Å². The average molecular weight is 498 g/mol. The second kappa shape index (κ2) is 11.5. The Balaban J connectivity index is 2.40. The lowest BCUT2D eigenvalue weighted by Gasteiger charge is -2.32. The zero-order valence-electron chi connectivity index (χ0n) is 19.1. The van der Waals surface area contributed by atoms with E-state index in [-0.39, 0.29) is 24.2 Å². The minimum atomic E-state index is -3.92. The highest BCUT2D eigenvalue weighted by Gasteiger charge is 2.30. The first-order valence-corrected chi connectivity index (χ1v) is 12.7. The molecule has 33 heavy (non-hydrogen) atoms. The highest BCUT2D eigenvalue weighted by molar-refractivity contribution is 7.92. The van der Waals surface area contributed by atoms with E-state index in [4.69, 9.17) is 11.6 Å². The Bertz CT molecular complexity index is 1100. The number of anilines is 1. The van der Waals surface area contributed by atoms with E-state index in [9.17, 15) is 22.4 Å². The van der Waals surface area contributed by atoms with Gasteiger partial charge in [0.25, 0.3) is 0 Å². The minimum absolute atomic E-state index is 0.00560. The summed E-state index contributed by atoms with van der Waals surface area (Å²) in [5.74, 6) is -1.64. The van der Waals surface area contributed by atoms with Gasteiger partial charge in [0.05, 0.1) is 11.9 Å². The Hall–Kier alpha value is -2.65. The van der Waals surface area contributed by atoms with Gasteiger partial charge in [0.2, 0.25) is 21.8 Å². The van der Waals surface area contributed by atoms with E-state index in [1.54, 1.807) is 31.2 Å². The van der Waals surface area contributed by atoms with Gasteiger partial charge < -0.3 is 10.2 Å². The normalized spacial score (nSPS) is 13.2. The molecule has 0 aromatic heterocycles. The molecule has 0 unspecified atom stereocenters. The second-order valence-corrected chi connectivity index (χ2v) is 10.2. The summed E-state index contributed by atoms with van der Waals surface area (Å²) in [6.45, 7) is 4.73. The van der Waals surface area contributed by atoms with E-state index in [1.165, 1.54) is 23.1 Å². The van der Waals surface area contributed by atoms with Crippen LogP contribution in [0.2, 0.25) is 5.02 Å². The number of sulfonamides is 1. The van der Waals surface area contributed by atoms with E-state index < -0.39 is 34.3 Å². The molecule has 7 nitrogen and oxygen atoms in total. The summed E-state index contributed by atoms with van der Waals surface area (Å²) in [6, 6.07) is 10.8. The van der Waals surface area contributed by atoms with Crippen LogP contribution in [0.25, 0.3) is 0 Å². The molecule has 2 aromatic rings. The Morgan fingerprint density at radius 1 is 1.12 bits per heavy atom. The average Bonchev–Trinajstić information content (AvgIpc) is 2.75. The van der Waals surface area contributed by atoms with Crippen molar-refractivity contribution >= 4 is 39.1 Å². The van der Waals surface area contributed by atoms with E-state index in [0.29, 0.717) is 17.0 Å². The van der Waals surface area contributed by atoms with E-state index in [0.717, 1.165) is 16.6 Å². The van der Waals surface area contributed by atoms with Gasteiger partial charge in [0.15, 0.2) is 0 Å². The van der Waals surface area contributed by atoms with Gasteiger partial charge in [-0.1, -0.05) is 42.8 Å². The van der Waals surface area contributed by atoms with Gasteiger partial charge in [-0.05, 0) is 50.1 Å². The number of halogens is 2. The molecule has 2 atom stereocenters. The molecule has 0 bridgehead atoms. The third-order valence-electron chi connectivity index (χ3n) is 5.24. The number of carbonyl (C=O) groups is 2. The second-order valence-electron chi connectivity index (χ2n) is 7.86. The fourth-order valence-electron chi connectivity index (χ4n) is 3.10. The molecule has 2 aromatic carbocycles. The molecule has 0 aliphatic carbocycles. The molecule has 0 aliphatic rings. The number of benzene rings is 2. The zero-order valence-corrected chi connectivity index (χ0v) is 20.7. The van der Waals surface area contributed by atoms with Gasteiger partial charge in [0.1, 0.15) is 18.4 Å². The van der Waals surface area contributed by atoms with Crippen LogP contribution in [0.4, 0.5) is 10.1 Å². The van der Waals surface area contributed by atoms with Gasteiger partial charge in [-0.15, -0.1) is 0 Å². The Morgan fingerprint density at radius 3 is 2.36 bits per heavy atom. The summed E-state index contributed by atoms with van der Waals surface area (Å²) in [5.41, 5.74) is 0.618. The Morgan fingerprint density at radius 2 is 1.79 bits per heavy atom. The SMILES string of the molecule is CC[C@@H](C)NC(=O)[C@H](C)N(Cc1ccccc1Cl)C(=O)CN(c1cccc(F)c1)S(C)(=O)=O. The van der Waals surface area contributed by atoms with Crippen LogP contribution < -0.4 is 9.62 Å². The van der Waals surface area contributed by atoms with Crippen LogP contribution in [0.5, 0.6) is 0 Å².